The quantitative estimate of drug-likeness (QED) is 0.415. The molecular weight excluding hydrogens is 402 g/mol. The van der Waals surface area contributed by atoms with Crippen molar-refractivity contribution in [3.8, 4) is 0 Å². The molecule has 2 aromatic carbocycles. The Balaban J connectivity index is 1.41. The van der Waals surface area contributed by atoms with E-state index in [9.17, 15) is 9.59 Å². The van der Waals surface area contributed by atoms with Gasteiger partial charge < -0.3 is 19.5 Å². The number of thiocarbonyl (C=S) groups is 1. The zero-order chi connectivity index (χ0) is 21.1. The second kappa shape index (κ2) is 8.22. The maximum Gasteiger partial charge on any atom is 0.293 e. The van der Waals surface area contributed by atoms with E-state index in [4.69, 9.17) is 21.1 Å². The summed E-state index contributed by atoms with van der Waals surface area (Å²) < 4.78 is 10.7. The van der Waals surface area contributed by atoms with Crippen molar-refractivity contribution < 1.29 is 18.4 Å². The third kappa shape index (κ3) is 4.08. The van der Waals surface area contributed by atoms with Crippen LogP contribution in [-0.2, 0) is 0 Å². The predicted molar refractivity (Wildman–Crippen MR) is 118 cm³/mol. The molecule has 2 heterocycles. The first-order chi connectivity index (χ1) is 14.5. The number of carbonyl (C=O) groups is 2. The van der Waals surface area contributed by atoms with Gasteiger partial charge in [0.2, 0.25) is 0 Å². The summed E-state index contributed by atoms with van der Waals surface area (Å²) in [7, 11) is 0. The Labute approximate surface area is 177 Å². The summed E-state index contributed by atoms with van der Waals surface area (Å²) in [6.07, 6.45) is 1.43. The van der Waals surface area contributed by atoms with Crippen LogP contribution in [0.3, 0.4) is 0 Å². The van der Waals surface area contributed by atoms with Crippen molar-refractivity contribution in [2.45, 2.75) is 6.92 Å². The molecule has 2 aromatic heterocycles. The molecule has 4 aromatic rings. The summed E-state index contributed by atoms with van der Waals surface area (Å²) in [5, 5.41) is 9.25. The topological polar surface area (TPSA) is 96.5 Å². The monoisotopic (exact) mass is 419 g/mol. The van der Waals surface area contributed by atoms with Gasteiger partial charge in [0.1, 0.15) is 5.58 Å². The fraction of sp³-hybridized carbons (Fsp3) is 0.0455. The Bertz CT molecular complexity index is 1240. The number of fused-ring (bicyclic) bond motifs is 1. The number of carbonyl (C=O) groups excluding carboxylic acids is 2. The SMILES string of the molecule is Cc1c(C(=O)NC(=S)Nc2cccc(NC(=O)c3ccco3)c2)oc2ccccc12. The number of hydrogen-bond acceptors (Lipinski definition) is 5. The molecule has 150 valence electrons. The molecule has 2 amide bonds. The number of para-hydroxylation sites is 1. The fourth-order valence-corrected chi connectivity index (χ4v) is 3.20. The molecule has 0 aliphatic carbocycles. The summed E-state index contributed by atoms with van der Waals surface area (Å²) in [6, 6.07) is 17.5. The Morgan fingerprint density at radius 3 is 2.40 bits per heavy atom. The lowest BCUT2D eigenvalue weighted by Crippen LogP contribution is -2.34. The molecule has 7 nitrogen and oxygen atoms in total. The van der Waals surface area contributed by atoms with E-state index in [-0.39, 0.29) is 22.5 Å². The summed E-state index contributed by atoms with van der Waals surface area (Å²) in [5.41, 5.74) is 2.52. The van der Waals surface area contributed by atoms with Crippen LogP contribution < -0.4 is 16.0 Å². The highest BCUT2D eigenvalue weighted by molar-refractivity contribution is 7.80. The van der Waals surface area contributed by atoms with Crippen LogP contribution in [0.25, 0.3) is 11.0 Å². The largest absolute Gasteiger partial charge is 0.459 e. The molecule has 0 saturated carbocycles. The average molecular weight is 419 g/mol. The van der Waals surface area contributed by atoms with Gasteiger partial charge in [0.15, 0.2) is 16.6 Å². The first-order valence-corrected chi connectivity index (χ1v) is 9.47. The van der Waals surface area contributed by atoms with Gasteiger partial charge in [-0.3, -0.25) is 14.9 Å². The highest BCUT2D eigenvalue weighted by atomic mass is 32.1. The summed E-state index contributed by atoms with van der Waals surface area (Å²) in [6.45, 7) is 1.82. The molecule has 0 aliphatic heterocycles. The lowest BCUT2D eigenvalue weighted by Gasteiger charge is -2.10. The smallest absolute Gasteiger partial charge is 0.293 e. The highest BCUT2D eigenvalue weighted by Crippen LogP contribution is 2.24. The second-order valence-corrected chi connectivity index (χ2v) is 6.88. The van der Waals surface area contributed by atoms with Crippen LogP contribution >= 0.6 is 12.2 Å². The number of furan rings is 2. The van der Waals surface area contributed by atoms with E-state index in [0.29, 0.717) is 17.0 Å². The predicted octanol–water partition coefficient (Wildman–Crippen LogP) is 4.71. The number of nitrogens with one attached hydrogen (secondary N) is 3. The minimum absolute atomic E-state index is 0.106. The van der Waals surface area contributed by atoms with E-state index in [1.807, 2.05) is 25.1 Å². The molecule has 0 bridgehead atoms. The number of aryl methyl sites for hydroxylation is 1. The molecule has 8 heteroatoms. The summed E-state index contributed by atoms with van der Waals surface area (Å²) >= 11 is 5.25. The highest BCUT2D eigenvalue weighted by Gasteiger charge is 2.18. The Morgan fingerprint density at radius 1 is 0.900 bits per heavy atom. The fourth-order valence-electron chi connectivity index (χ4n) is 2.99. The normalized spacial score (nSPS) is 10.6. The standard InChI is InChI=1S/C22H17N3O4S/c1-13-16-8-2-3-9-17(16)29-19(13)21(27)25-22(30)24-15-7-4-6-14(12-15)23-20(26)18-10-5-11-28-18/h2-12H,1H3,(H,23,26)(H2,24,25,27,30). The molecule has 0 saturated heterocycles. The number of amides is 2. The molecule has 3 N–H and O–H groups in total. The van der Waals surface area contributed by atoms with Gasteiger partial charge in [-0.1, -0.05) is 24.3 Å². The van der Waals surface area contributed by atoms with Crippen molar-refractivity contribution in [1.29, 1.82) is 0 Å². The van der Waals surface area contributed by atoms with Crippen molar-refractivity contribution in [3.63, 3.8) is 0 Å². The van der Waals surface area contributed by atoms with Gasteiger partial charge in [0.25, 0.3) is 11.8 Å². The number of benzene rings is 2. The van der Waals surface area contributed by atoms with E-state index in [0.717, 1.165) is 10.9 Å². The van der Waals surface area contributed by atoms with Crippen LogP contribution in [0, 0.1) is 6.92 Å². The van der Waals surface area contributed by atoms with Crippen LogP contribution in [-0.4, -0.2) is 16.9 Å². The average Bonchev–Trinajstić information content (AvgIpc) is 3.37. The number of rotatable bonds is 4. The maximum absolute atomic E-state index is 12.6. The van der Waals surface area contributed by atoms with Gasteiger partial charge in [0, 0.05) is 22.3 Å². The van der Waals surface area contributed by atoms with E-state index >= 15 is 0 Å². The Hall–Kier alpha value is -3.91. The molecule has 30 heavy (non-hydrogen) atoms. The lowest BCUT2D eigenvalue weighted by molar-refractivity contribution is 0.0951. The molecule has 0 spiro atoms. The molecule has 0 aliphatic rings. The molecule has 0 atom stereocenters. The van der Waals surface area contributed by atoms with Gasteiger partial charge in [-0.25, -0.2) is 0 Å². The number of hydrogen-bond donors (Lipinski definition) is 3. The minimum Gasteiger partial charge on any atom is -0.459 e. The summed E-state index contributed by atoms with van der Waals surface area (Å²) in [4.78, 5) is 24.7. The van der Waals surface area contributed by atoms with Gasteiger partial charge >= 0.3 is 0 Å². The lowest BCUT2D eigenvalue weighted by atomic mass is 10.1. The van der Waals surface area contributed by atoms with Gasteiger partial charge in [-0.15, -0.1) is 0 Å². The molecule has 4 rings (SSSR count). The van der Waals surface area contributed by atoms with Crippen molar-refractivity contribution in [2.75, 3.05) is 10.6 Å². The van der Waals surface area contributed by atoms with Crippen LogP contribution in [0.1, 0.15) is 26.7 Å². The van der Waals surface area contributed by atoms with Crippen molar-refractivity contribution >= 4 is 51.5 Å². The van der Waals surface area contributed by atoms with Gasteiger partial charge in [-0.05, 0) is 55.5 Å². The third-order valence-electron chi connectivity index (χ3n) is 4.40. The van der Waals surface area contributed by atoms with Gasteiger partial charge in [0.05, 0.1) is 6.26 Å². The minimum atomic E-state index is -0.441. The second-order valence-electron chi connectivity index (χ2n) is 6.47. The van der Waals surface area contributed by atoms with Crippen LogP contribution in [0.2, 0.25) is 0 Å². The van der Waals surface area contributed by atoms with E-state index in [2.05, 4.69) is 16.0 Å². The number of anilines is 2. The molecule has 0 fully saturated rings. The van der Waals surface area contributed by atoms with E-state index in [1.54, 1.807) is 42.5 Å². The van der Waals surface area contributed by atoms with Crippen LogP contribution in [0.15, 0.2) is 75.8 Å². The van der Waals surface area contributed by atoms with Crippen molar-refractivity contribution in [3.05, 3.63) is 84.0 Å². The zero-order valence-electron chi connectivity index (χ0n) is 15.9. The molecular formula is C22H17N3O4S. The maximum atomic E-state index is 12.6. The Kier molecular flexibility index (Phi) is 5.32. The summed E-state index contributed by atoms with van der Waals surface area (Å²) in [5.74, 6) is -0.394. The van der Waals surface area contributed by atoms with Crippen molar-refractivity contribution in [1.82, 2.24) is 5.32 Å². The molecule has 0 radical (unpaired) electrons. The van der Waals surface area contributed by atoms with Crippen LogP contribution in [0.5, 0.6) is 0 Å². The van der Waals surface area contributed by atoms with E-state index < -0.39 is 5.91 Å². The Morgan fingerprint density at radius 2 is 1.67 bits per heavy atom. The zero-order valence-corrected chi connectivity index (χ0v) is 16.7. The third-order valence-corrected chi connectivity index (χ3v) is 4.60. The van der Waals surface area contributed by atoms with Gasteiger partial charge in [-0.2, -0.15) is 0 Å². The first-order valence-electron chi connectivity index (χ1n) is 9.06. The van der Waals surface area contributed by atoms with E-state index in [1.165, 1.54) is 6.26 Å². The molecule has 0 unspecified atom stereocenters. The van der Waals surface area contributed by atoms with Crippen molar-refractivity contribution in [2.24, 2.45) is 0 Å². The first kappa shape index (κ1) is 19.4. The van der Waals surface area contributed by atoms with Crippen LogP contribution in [0.4, 0.5) is 11.4 Å².